The fraction of sp³-hybridized carbons (Fsp3) is 0.143. The lowest BCUT2D eigenvalue weighted by Crippen LogP contribution is -2.12. The first-order valence-corrected chi connectivity index (χ1v) is 6.12. The summed E-state index contributed by atoms with van der Waals surface area (Å²) in [6, 6.07) is 13.6. The molecule has 0 saturated heterocycles. The van der Waals surface area contributed by atoms with Gasteiger partial charge in [0.15, 0.2) is 0 Å². The van der Waals surface area contributed by atoms with E-state index in [1.807, 2.05) is 0 Å². The molecule has 6 heteroatoms. The van der Waals surface area contributed by atoms with Crippen LogP contribution in [0.25, 0.3) is 0 Å². The fourth-order valence-electron chi connectivity index (χ4n) is 1.70. The zero-order chi connectivity index (χ0) is 14.4. The van der Waals surface area contributed by atoms with Crippen molar-refractivity contribution in [3.63, 3.8) is 0 Å². The highest BCUT2D eigenvalue weighted by Gasteiger charge is 2.11. The molecule has 2 aromatic carbocycles. The van der Waals surface area contributed by atoms with Crippen LogP contribution in [-0.4, -0.2) is 18.1 Å². The molecule has 0 aromatic heterocycles. The number of nitrogens with two attached hydrogens (primary N) is 1. The SMILES string of the molecule is Nc1ccc(OCCNc2ccccc2[N+](=O)[O-])cc1. The number of nitrogens with zero attached hydrogens (tertiary/aromatic N) is 1. The fourth-order valence-corrected chi connectivity index (χ4v) is 1.70. The van der Waals surface area contributed by atoms with Crippen LogP contribution in [0.1, 0.15) is 0 Å². The predicted molar refractivity (Wildman–Crippen MR) is 77.9 cm³/mol. The number of rotatable bonds is 6. The second-order valence-electron chi connectivity index (χ2n) is 4.12. The van der Waals surface area contributed by atoms with Crippen molar-refractivity contribution >= 4 is 17.1 Å². The molecule has 2 rings (SSSR count). The summed E-state index contributed by atoms with van der Waals surface area (Å²) in [5.74, 6) is 0.712. The Balaban J connectivity index is 1.84. The summed E-state index contributed by atoms with van der Waals surface area (Å²) in [6.07, 6.45) is 0. The molecular formula is C14H15N3O3. The lowest BCUT2D eigenvalue weighted by Gasteiger charge is -2.09. The third kappa shape index (κ3) is 3.61. The van der Waals surface area contributed by atoms with Gasteiger partial charge in [-0.1, -0.05) is 12.1 Å². The molecule has 0 fully saturated rings. The first kappa shape index (κ1) is 13.7. The Bertz CT molecular complexity index is 584. The normalized spacial score (nSPS) is 10.0. The maximum absolute atomic E-state index is 10.8. The van der Waals surface area contributed by atoms with Crippen LogP contribution < -0.4 is 15.8 Å². The van der Waals surface area contributed by atoms with Gasteiger partial charge < -0.3 is 15.8 Å². The van der Waals surface area contributed by atoms with E-state index in [4.69, 9.17) is 10.5 Å². The minimum Gasteiger partial charge on any atom is -0.492 e. The van der Waals surface area contributed by atoms with Crippen molar-refractivity contribution in [2.24, 2.45) is 0 Å². The number of hydrogen-bond acceptors (Lipinski definition) is 5. The zero-order valence-corrected chi connectivity index (χ0v) is 10.8. The van der Waals surface area contributed by atoms with Crippen molar-refractivity contribution in [3.05, 3.63) is 58.6 Å². The van der Waals surface area contributed by atoms with Gasteiger partial charge in [-0.2, -0.15) is 0 Å². The average Bonchev–Trinajstić information content (AvgIpc) is 2.46. The van der Waals surface area contributed by atoms with Crippen molar-refractivity contribution in [1.29, 1.82) is 0 Å². The van der Waals surface area contributed by atoms with Crippen molar-refractivity contribution in [2.45, 2.75) is 0 Å². The van der Waals surface area contributed by atoms with Gasteiger partial charge in [0.25, 0.3) is 5.69 Å². The highest BCUT2D eigenvalue weighted by Crippen LogP contribution is 2.22. The summed E-state index contributed by atoms with van der Waals surface area (Å²) in [4.78, 5) is 10.4. The number of ether oxygens (including phenoxy) is 1. The van der Waals surface area contributed by atoms with Gasteiger partial charge in [-0.25, -0.2) is 0 Å². The summed E-state index contributed by atoms with van der Waals surface area (Å²) in [6.45, 7) is 0.866. The quantitative estimate of drug-likeness (QED) is 0.365. The molecule has 0 bridgehead atoms. The van der Waals surface area contributed by atoms with Crippen LogP contribution in [0.2, 0.25) is 0 Å². The molecule has 0 aliphatic rings. The van der Waals surface area contributed by atoms with E-state index in [0.717, 1.165) is 0 Å². The molecule has 0 radical (unpaired) electrons. The Morgan fingerprint density at radius 3 is 2.55 bits per heavy atom. The van der Waals surface area contributed by atoms with E-state index >= 15 is 0 Å². The van der Waals surface area contributed by atoms with E-state index in [0.29, 0.717) is 30.3 Å². The molecule has 0 amide bonds. The van der Waals surface area contributed by atoms with Gasteiger partial charge in [-0.15, -0.1) is 0 Å². The molecule has 2 aromatic rings. The number of hydrogen-bond donors (Lipinski definition) is 2. The molecule has 0 aliphatic carbocycles. The van der Waals surface area contributed by atoms with Gasteiger partial charge in [-0.05, 0) is 30.3 Å². The zero-order valence-electron chi connectivity index (χ0n) is 10.8. The van der Waals surface area contributed by atoms with Crippen LogP contribution in [0.4, 0.5) is 17.1 Å². The summed E-state index contributed by atoms with van der Waals surface area (Å²) in [5.41, 5.74) is 6.79. The molecule has 3 N–H and O–H groups in total. The van der Waals surface area contributed by atoms with Crippen LogP contribution in [0.15, 0.2) is 48.5 Å². The maximum Gasteiger partial charge on any atom is 0.292 e. The smallest absolute Gasteiger partial charge is 0.292 e. The highest BCUT2D eigenvalue weighted by molar-refractivity contribution is 5.61. The van der Waals surface area contributed by atoms with Gasteiger partial charge in [0.2, 0.25) is 0 Å². The van der Waals surface area contributed by atoms with Gasteiger partial charge in [0.1, 0.15) is 18.0 Å². The Morgan fingerprint density at radius 2 is 1.85 bits per heavy atom. The Hall–Kier alpha value is -2.76. The summed E-state index contributed by atoms with van der Waals surface area (Å²) in [7, 11) is 0. The maximum atomic E-state index is 10.8. The van der Waals surface area contributed by atoms with Crippen molar-refractivity contribution in [3.8, 4) is 5.75 Å². The average molecular weight is 273 g/mol. The molecule has 104 valence electrons. The number of benzene rings is 2. The highest BCUT2D eigenvalue weighted by atomic mass is 16.6. The van der Waals surface area contributed by atoms with E-state index in [2.05, 4.69) is 5.32 Å². The summed E-state index contributed by atoms with van der Waals surface area (Å²) in [5, 5.41) is 13.8. The lowest BCUT2D eigenvalue weighted by molar-refractivity contribution is -0.384. The Morgan fingerprint density at radius 1 is 1.15 bits per heavy atom. The number of nitrogens with one attached hydrogen (secondary N) is 1. The topological polar surface area (TPSA) is 90.4 Å². The van der Waals surface area contributed by atoms with Crippen LogP contribution in [0.3, 0.4) is 0 Å². The van der Waals surface area contributed by atoms with E-state index in [1.54, 1.807) is 42.5 Å². The van der Waals surface area contributed by atoms with Crippen molar-refractivity contribution < 1.29 is 9.66 Å². The first-order chi connectivity index (χ1) is 9.66. The molecule has 0 heterocycles. The standard InChI is InChI=1S/C14H15N3O3/c15-11-5-7-12(8-6-11)20-10-9-16-13-3-1-2-4-14(13)17(18)19/h1-8,16H,9-10,15H2. The van der Waals surface area contributed by atoms with Gasteiger partial charge >= 0.3 is 0 Å². The molecule has 0 saturated carbocycles. The Kier molecular flexibility index (Phi) is 4.39. The van der Waals surface area contributed by atoms with E-state index in [9.17, 15) is 10.1 Å². The van der Waals surface area contributed by atoms with Crippen molar-refractivity contribution in [2.75, 3.05) is 24.2 Å². The van der Waals surface area contributed by atoms with E-state index in [-0.39, 0.29) is 5.69 Å². The third-order valence-electron chi connectivity index (χ3n) is 2.67. The number of anilines is 2. The van der Waals surface area contributed by atoms with Crippen LogP contribution in [-0.2, 0) is 0 Å². The molecule has 20 heavy (non-hydrogen) atoms. The van der Waals surface area contributed by atoms with Gasteiger partial charge in [0.05, 0.1) is 4.92 Å². The number of nitro benzene ring substituents is 1. The Labute approximate surface area is 116 Å². The van der Waals surface area contributed by atoms with E-state index < -0.39 is 4.92 Å². The molecule has 0 atom stereocenters. The molecular weight excluding hydrogens is 258 g/mol. The predicted octanol–water partition coefficient (Wildman–Crippen LogP) is 2.67. The second-order valence-corrected chi connectivity index (χ2v) is 4.12. The minimum atomic E-state index is -0.414. The lowest BCUT2D eigenvalue weighted by atomic mass is 10.2. The second kappa shape index (κ2) is 6.42. The van der Waals surface area contributed by atoms with Crippen LogP contribution in [0, 0.1) is 10.1 Å². The third-order valence-corrected chi connectivity index (χ3v) is 2.67. The minimum absolute atomic E-state index is 0.0555. The monoisotopic (exact) mass is 273 g/mol. The first-order valence-electron chi connectivity index (χ1n) is 6.12. The number of para-hydroxylation sites is 2. The van der Waals surface area contributed by atoms with Crippen molar-refractivity contribution in [1.82, 2.24) is 0 Å². The molecule has 0 unspecified atom stereocenters. The number of nitrogen functional groups attached to an aromatic ring is 1. The summed E-state index contributed by atoms with van der Waals surface area (Å²) < 4.78 is 5.50. The van der Waals surface area contributed by atoms with Crippen LogP contribution >= 0.6 is 0 Å². The molecule has 0 aliphatic heterocycles. The summed E-state index contributed by atoms with van der Waals surface area (Å²) >= 11 is 0. The number of nitro groups is 1. The van der Waals surface area contributed by atoms with Crippen LogP contribution in [0.5, 0.6) is 5.75 Å². The molecule has 6 nitrogen and oxygen atoms in total. The largest absolute Gasteiger partial charge is 0.492 e. The van der Waals surface area contributed by atoms with Gasteiger partial charge in [-0.3, -0.25) is 10.1 Å². The van der Waals surface area contributed by atoms with E-state index in [1.165, 1.54) is 6.07 Å². The van der Waals surface area contributed by atoms with Gasteiger partial charge in [0, 0.05) is 18.3 Å². The molecule has 0 spiro atoms.